The molecule has 9 heteroatoms. The Morgan fingerprint density at radius 2 is 1.50 bits per heavy atom. The van der Waals surface area contributed by atoms with Gasteiger partial charge in [0.25, 0.3) is 0 Å². The number of ether oxygens (including phenoxy) is 1. The molecule has 1 aliphatic heterocycles. The van der Waals surface area contributed by atoms with Gasteiger partial charge in [0.1, 0.15) is 0 Å². The van der Waals surface area contributed by atoms with Crippen LogP contribution in [0.1, 0.15) is 46.7 Å². The van der Waals surface area contributed by atoms with Crippen molar-refractivity contribution in [2.75, 3.05) is 6.54 Å². The van der Waals surface area contributed by atoms with Gasteiger partial charge in [0, 0.05) is 0 Å². The number of hydrogen-bond donors (Lipinski definition) is 1. The Morgan fingerprint density at radius 3 is 2.03 bits per heavy atom. The lowest BCUT2D eigenvalue weighted by Crippen LogP contribution is -2.39. The molecule has 1 fully saturated rings. The smallest absolute Gasteiger partial charge is 0.372 e. The van der Waals surface area contributed by atoms with Crippen molar-refractivity contribution in [1.29, 1.82) is 0 Å². The highest BCUT2D eigenvalue weighted by Crippen LogP contribution is 2.37. The van der Waals surface area contributed by atoms with Crippen molar-refractivity contribution in [1.82, 2.24) is 5.32 Å². The molecule has 3 rings (SSSR count). The summed E-state index contributed by atoms with van der Waals surface area (Å²) < 4.78 is 84.0. The molecule has 1 aliphatic rings. The molecule has 0 radical (unpaired) electrons. The van der Waals surface area contributed by atoms with Gasteiger partial charge in [-0.3, -0.25) is 0 Å². The average molecular weight is 454 g/mol. The van der Waals surface area contributed by atoms with Crippen LogP contribution in [0.3, 0.4) is 0 Å². The molecule has 2 aromatic carbocycles. The zero-order valence-corrected chi connectivity index (χ0v) is 16.9. The highest BCUT2D eigenvalue weighted by atomic mass is 35.5. The number of alkyl halides is 6. The number of aryl methyl sites for hydroxylation is 1. The third-order valence-electron chi connectivity index (χ3n) is 4.95. The average Bonchev–Trinajstić information content (AvgIpc) is 2.66. The Hall–Kier alpha value is -1.77. The quantitative estimate of drug-likeness (QED) is 0.536. The number of rotatable bonds is 4. The fourth-order valence-corrected chi connectivity index (χ4v) is 3.45. The van der Waals surface area contributed by atoms with E-state index in [0.717, 1.165) is 24.1 Å². The summed E-state index contributed by atoms with van der Waals surface area (Å²) in [5.41, 5.74) is -0.753. The molecule has 2 atom stereocenters. The van der Waals surface area contributed by atoms with Gasteiger partial charge in [-0.2, -0.15) is 26.3 Å². The van der Waals surface area contributed by atoms with E-state index in [2.05, 4.69) is 5.32 Å². The summed E-state index contributed by atoms with van der Waals surface area (Å²) in [6.07, 6.45) is -8.62. The van der Waals surface area contributed by atoms with E-state index < -0.39 is 23.5 Å². The summed E-state index contributed by atoms with van der Waals surface area (Å²) in [5, 5.41) is 3.33. The van der Waals surface area contributed by atoms with Crippen molar-refractivity contribution in [2.24, 2.45) is 0 Å². The minimum atomic E-state index is -4.87. The van der Waals surface area contributed by atoms with Crippen LogP contribution in [0.5, 0.6) is 0 Å². The zero-order valence-electron chi connectivity index (χ0n) is 16.1. The fourth-order valence-electron chi connectivity index (χ4n) is 3.45. The molecule has 0 amide bonds. The van der Waals surface area contributed by atoms with Crippen LogP contribution >= 0.6 is 12.4 Å². The summed E-state index contributed by atoms with van der Waals surface area (Å²) in [4.78, 5) is 0. The molecule has 30 heavy (non-hydrogen) atoms. The van der Waals surface area contributed by atoms with Crippen LogP contribution in [-0.4, -0.2) is 12.6 Å². The lowest BCUT2D eigenvalue weighted by atomic mass is 9.94. The number of hydrogen-bond acceptors (Lipinski definition) is 2. The molecule has 0 spiro atoms. The van der Waals surface area contributed by atoms with Crippen molar-refractivity contribution in [3.8, 4) is 0 Å². The van der Waals surface area contributed by atoms with Crippen LogP contribution in [0.25, 0.3) is 0 Å². The second-order valence-electron chi connectivity index (χ2n) is 7.25. The number of halogens is 7. The van der Waals surface area contributed by atoms with Crippen molar-refractivity contribution >= 4 is 12.4 Å². The predicted octanol–water partition coefficient (Wildman–Crippen LogP) is 6.46. The van der Waals surface area contributed by atoms with E-state index >= 15 is 0 Å². The van der Waals surface area contributed by atoms with E-state index in [0.29, 0.717) is 18.6 Å². The van der Waals surface area contributed by atoms with Gasteiger partial charge in [0.15, 0.2) is 0 Å². The molecule has 1 saturated heterocycles. The molecular weight excluding hydrogens is 432 g/mol. The molecule has 0 bridgehead atoms. The Labute approximate surface area is 177 Å². The van der Waals surface area contributed by atoms with Gasteiger partial charge in [-0.1, -0.05) is 29.8 Å². The van der Waals surface area contributed by atoms with E-state index in [4.69, 9.17) is 4.74 Å². The molecule has 0 aliphatic carbocycles. The lowest BCUT2D eigenvalue weighted by Gasteiger charge is -2.33. The maximum absolute atomic E-state index is 13.0. The molecule has 0 unspecified atom stereocenters. The van der Waals surface area contributed by atoms with Crippen LogP contribution in [0.4, 0.5) is 26.3 Å². The number of nitrogens with one attached hydrogen (secondary N) is 1. The van der Waals surface area contributed by atoms with Crippen LogP contribution in [0.2, 0.25) is 0 Å². The highest BCUT2D eigenvalue weighted by Gasteiger charge is 2.37. The molecule has 2 aromatic rings. The summed E-state index contributed by atoms with van der Waals surface area (Å²) in [6.45, 7) is 2.39. The largest absolute Gasteiger partial charge is 0.416 e. The first-order chi connectivity index (χ1) is 13.5. The minimum absolute atomic E-state index is 0. The Balaban J connectivity index is 0.00000320. The normalized spacial score (nSPS) is 20.0. The van der Waals surface area contributed by atoms with Crippen LogP contribution in [0, 0.1) is 6.92 Å². The van der Waals surface area contributed by atoms with Crippen LogP contribution in [0.15, 0.2) is 42.5 Å². The molecule has 1 N–H and O–H groups in total. The summed E-state index contributed by atoms with van der Waals surface area (Å²) >= 11 is 0. The molecular formula is C21H22ClF6NO. The Kier molecular flexibility index (Phi) is 7.82. The maximum atomic E-state index is 13.0. The van der Waals surface area contributed by atoms with E-state index in [1.807, 2.05) is 31.2 Å². The van der Waals surface area contributed by atoms with Crippen molar-refractivity contribution in [2.45, 2.75) is 50.9 Å². The lowest BCUT2D eigenvalue weighted by molar-refractivity contribution is -0.143. The monoisotopic (exact) mass is 453 g/mol. The van der Waals surface area contributed by atoms with Crippen molar-refractivity contribution < 1.29 is 31.1 Å². The van der Waals surface area contributed by atoms with Gasteiger partial charge in [0.05, 0.1) is 29.9 Å². The van der Waals surface area contributed by atoms with Gasteiger partial charge in [0.2, 0.25) is 0 Å². The van der Waals surface area contributed by atoms with E-state index in [1.165, 1.54) is 0 Å². The molecule has 0 saturated carbocycles. The van der Waals surface area contributed by atoms with E-state index in [-0.39, 0.29) is 42.8 Å². The van der Waals surface area contributed by atoms with Crippen molar-refractivity contribution in [3.05, 3.63) is 70.3 Å². The molecule has 0 aromatic heterocycles. The second-order valence-corrected chi connectivity index (χ2v) is 7.25. The first-order valence-corrected chi connectivity index (χ1v) is 9.24. The Bertz CT molecular complexity index is 803. The summed E-state index contributed by atoms with van der Waals surface area (Å²) in [6, 6.07) is 9.18. The van der Waals surface area contributed by atoms with Gasteiger partial charge in [-0.25, -0.2) is 0 Å². The summed E-state index contributed by atoms with van der Waals surface area (Å²) in [5.74, 6) is 0. The SMILES string of the molecule is Cc1ccc([C@H]2NCCC[C@H]2OCc2cc(C(F)(F)F)cc(C(F)(F)F)c2)cc1.Cl. The summed E-state index contributed by atoms with van der Waals surface area (Å²) in [7, 11) is 0. The first kappa shape index (κ1) is 24.5. The topological polar surface area (TPSA) is 21.3 Å². The second kappa shape index (κ2) is 9.58. The molecule has 166 valence electrons. The van der Waals surface area contributed by atoms with Gasteiger partial charge >= 0.3 is 12.4 Å². The van der Waals surface area contributed by atoms with Gasteiger partial charge in [-0.05, 0) is 55.6 Å². The predicted molar refractivity (Wildman–Crippen MR) is 103 cm³/mol. The fraction of sp³-hybridized carbons (Fsp3) is 0.429. The standard InChI is InChI=1S/C21H21F6NO.ClH/c1-13-4-6-15(7-5-13)19-18(3-2-8-28-19)29-12-14-9-16(20(22,23)24)11-17(10-14)21(25,26)27;/h4-7,9-11,18-19,28H,2-3,8,12H2,1H3;1H/t18-,19-;/m1./s1. The Morgan fingerprint density at radius 1 is 0.933 bits per heavy atom. The van der Waals surface area contributed by atoms with Gasteiger partial charge < -0.3 is 10.1 Å². The maximum Gasteiger partial charge on any atom is 0.416 e. The van der Waals surface area contributed by atoms with E-state index in [1.54, 1.807) is 0 Å². The number of benzene rings is 2. The molecule has 1 heterocycles. The minimum Gasteiger partial charge on any atom is -0.372 e. The van der Waals surface area contributed by atoms with E-state index in [9.17, 15) is 26.3 Å². The molecule has 2 nitrogen and oxygen atoms in total. The van der Waals surface area contributed by atoms with Crippen LogP contribution < -0.4 is 5.32 Å². The van der Waals surface area contributed by atoms with Gasteiger partial charge in [-0.15, -0.1) is 12.4 Å². The third kappa shape index (κ3) is 6.12. The number of piperidine rings is 1. The zero-order chi connectivity index (χ0) is 21.2. The highest BCUT2D eigenvalue weighted by molar-refractivity contribution is 5.85. The third-order valence-corrected chi connectivity index (χ3v) is 4.95. The van der Waals surface area contributed by atoms with Crippen molar-refractivity contribution in [3.63, 3.8) is 0 Å². The first-order valence-electron chi connectivity index (χ1n) is 9.24. The van der Waals surface area contributed by atoms with Crippen LogP contribution in [-0.2, 0) is 23.7 Å².